The van der Waals surface area contributed by atoms with Crippen molar-refractivity contribution in [3.63, 3.8) is 0 Å². The number of fused-ring (bicyclic) bond motifs is 1. The van der Waals surface area contributed by atoms with Crippen LogP contribution in [0, 0.1) is 11.3 Å². The van der Waals surface area contributed by atoms with Crippen LogP contribution in [0.4, 0.5) is 5.13 Å². The number of aromatic nitrogens is 1. The van der Waals surface area contributed by atoms with Crippen molar-refractivity contribution in [2.75, 3.05) is 26.6 Å². The van der Waals surface area contributed by atoms with E-state index in [2.05, 4.69) is 34.6 Å². The molecule has 35 heavy (non-hydrogen) atoms. The third kappa shape index (κ3) is 5.26. The van der Waals surface area contributed by atoms with Crippen molar-refractivity contribution < 1.29 is 19.0 Å². The molecular formula is C27H23N3O4S. The van der Waals surface area contributed by atoms with Crippen molar-refractivity contribution in [3.8, 4) is 23.3 Å². The molecule has 0 spiro atoms. The normalized spacial score (nSPS) is 11.1. The first-order valence-electron chi connectivity index (χ1n) is 10.7. The summed E-state index contributed by atoms with van der Waals surface area (Å²) >= 11 is 1.38. The fourth-order valence-electron chi connectivity index (χ4n) is 3.75. The maximum Gasteiger partial charge on any atom is 0.268 e. The first-order chi connectivity index (χ1) is 17.1. The Labute approximate surface area is 207 Å². The lowest BCUT2D eigenvalue weighted by Crippen LogP contribution is -2.13. The fraction of sp³-hybridized carbons (Fsp3) is 0.148. The minimum absolute atomic E-state index is 0.0786. The Bertz CT molecular complexity index is 1420. The number of nitrogens with zero attached hydrogens (tertiary/aromatic N) is 2. The van der Waals surface area contributed by atoms with Crippen LogP contribution >= 0.6 is 11.3 Å². The van der Waals surface area contributed by atoms with E-state index < -0.39 is 5.91 Å². The predicted molar refractivity (Wildman–Crippen MR) is 137 cm³/mol. The molecule has 3 aromatic carbocycles. The summed E-state index contributed by atoms with van der Waals surface area (Å²) < 4.78 is 16.0. The summed E-state index contributed by atoms with van der Waals surface area (Å²) in [7, 11) is 4.51. The molecule has 0 aliphatic rings. The van der Waals surface area contributed by atoms with Crippen molar-refractivity contribution in [2.45, 2.75) is 6.42 Å². The average molecular weight is 486 g/mol. The minimum Gasteiger partial charge on any atom is -0.493 e. The van der Waals surface area contributed by atoms with Crippen LogP contribution in [-0.4, -0.2) is 32.2 Å². The Kier molecular flexibility index (Phi) is 7.29. The van der Waals surface area contributed by atoms with E-state index in [0.717, 1.165) is 4.88 Å². The second-order valence-electron chi connectivity index (χ2n) is 7.53. The summed E-state index contributed by atoms with van der Waals surface area (Å²) in [6, 6.07) is 19.7. The molecule has 0 bridgehead atoms. The van der Waals surface area contributed by atoms with Gasteiger partial charge in [-0.2, -0.15) is 5.26 Å². The number of anilines is 1. The minimum atomic E-state index is -0.549. The summed E-state index contributed by atoms with van der Waals surface area (Å²) in [6.07, 6.45) is 3.91. The zero-order valence-electron chi connectivity index (χ0n) is 19.5. The lowest BCUT2D eigenvalue weighted by atomic mass is 10.0. The Morgan fingerprint density at radius 2 is 1.77 bits per heavy atom. The van der Waals surface area contributed by atoms with Gasteiger partial charge in [0.05, 0.1) is 21.3 Å². The molecule has 1 amide bonds. The van der Waals surface area contributed by atoms with Gasteiger partial charge in [-0.1, -0.05) is 42.5 Å². The molecule has 0 fully saturated rings. The molecular weight excluding hydrogens is 462 g/mol. The largest absolute Gasteiger partial charge is 0.493 e. The van der Waals surface area contributed by atoms with Crippen molar-refractivity contribution in [1.82, 2.24) is 4.98 Å². The molecule has 0 radical (unpaired) electrons. The molecule has 0 saturated heterocycles. The molecule has 7 nitrogen and oxygen atoms in total. The second-order valence-corrected chi connectivity index (χ2v) is 8.64. The number of benzene rings is 3. The number of amides is 1. The molecule has 8 heteroatoms. The molecule has 1 aromatic heterocycles. The number of rotatable bonds is 8. The topological polar surface area (TPSA) is 93.5 Å². The van der Waals surface area contributed by atoms with Crippen LogP contribution in [-0.2, 0) is 11.2 Å². The highest BCUT2D eigenvalue weighted by Gasteiger charge is 2.16. The number of nitrogens with one attached hydrogen (secondary N) is 1. The SMILES string of the molecule is COc1cc(/C=C(\C#N)C(=O)Nc2ncc(Cc3cccc4ccccc34)s2)cc(OC)c1OC. The van der Waals surface area contributed by atoms with Gasteiger partial charge in [0.1, 0.15) is 11.6 Å². The molecule has 0 atom stereocenters. The molecule has 4 rings (SSSR count). The molecule has 0 unspecified atom stereocenters. The predicted octanol–water partition coefficient (Wildman–Crippen LogP) is 5.46. The van der Waals surface area contributed by atoms with Crippen molar-refractivity contribution in [2.24, 2.45) is 0 Å². The van der Waals surface area contributed by atoms with E-state index in [9.17, 15) is 10.1 Å². The number of hydrogen-bond acceptors (Lipinski definition) is 7. The van der Waals surface area contributed by atoms with Crippen LogP contribution in [0.3, 0.4) is 0 Å². The Morgan fingerprint density at radius 3 is 2.46 bits per heavy atom. The number of carbonyl (C=O) groups excluding carboxylic acids is 1. The Balaban J connectivity index is 1.53. The van der Waals surface area contributed by atoms with Crippen LogP contribution in [0.1, 0.15) is 16.0 Å². The highest BCUT2D eigenvalue weighted by molar-refractivity contribution is 7.15. The van der Waals surface area contributed by atoms with Crippen molar-refractivity contribution in [1.29, 1.82) is 5.26 Å². The maximum atomic E-state index is 12.8. The van der Waals surface area contributed by atoms with Gasteiger partial charge in [0.2, 0.25) is 5.75 Å². The molecule has 4 aromatic rings. The van der Waals surface area contributed by atoms with Gasteiger partial charge in [-0.05, 0) is 40.1 Å². The van der Waals surface area contributed by atoms with Crippen LogP contribution in [0.5, 0.6) is 17.2 Å². The maximum absolute atomic E-state index is 12.8. The second kappa shape index (κ2) is 10.7. The van der Waals surface area contributed by atoms with E-state index in [4.69, 9.17) is 14.2 Å². The first-order valence-corrected chi connectivity index (χ1v) is 11.5. The Morgan fingerprint density at radius 1 is 1.06 bits per heavy atom. The number of thiazole rings is 1. The lowest BCUT2D eigenvalue weighted by Gasteiger charge is -2.13. The van der Waals surface area contributed by atoms with Gasteiger partial charge >= 0.3 is 0 Å². The zero-order valence-corrected chi connectivity index (χ0v) is 20.3. The number of ether oxygens (including phenoxy) is 3. The summed E-state index contributed by atoms with van der Waals surface area (Å²) in [6.45, 7) is 0. The van der Waals surface area contributed by atoms with Gasteiger partial charge in [0.15, 0.2) is 16.6 Å². The number of methoxy groups -OCH3 is 3. The molecule has 1 heterocycles. The van der Waals surface area contributed by atoms with E-state index in [1.54, 1.807) is 18.3 Å². The number of nitriles is 1. The lowest BCUT2D eigenvalue weighted by molar-refractivity contribution is -0.112. The first kappa shape index (κ1) is 23.8. The zero-order chi connectivity index (χ0) is 24.8. The number of carbonyl (C=O) groups is 1. The quantitative estimate of drug-likeness (QED) is 0.263. The third-order valence-corrected chi connectivity index (χ3v) is 6.29. The summed E-state index contributed by atoms with van der Waals surface area (Å²) in [5, 5.41) is 15.1. The van der Waals surface area contributed by atoms with Gasteiger partial charge in [0, 0.05) is 17.5 Å². The van der Waals surface area contributed by atoms with Crippen LogP contribution < -0.4 is 19.5 Å². The molecule has 1 N–H and O–H groups in total. The third-order valence-electron chi connectivity index (χ3n) is 5.38. The van der Waals surface area contributed by atoms with Crippen molar-refractivity contribution >= 4 is 39.2 Å². The van der Waals surface area contributed by atoms with E-state index in [-0.39, 0.29) is 5.57 Å². The molecule has 0 aliphatic carbocycles. The summed E-state index contributed by atoms with van der Waals surface area (Å²) in [4.78, 5) is 18.1. The van der Waals surface area contributed by atoms with Gasteiger partial charge in [-0.25, -0.2) is 4.98 Å². The van der Waals surface area contributed by atoms with E-state index in [1.165, 1.54) is 55.1 Å². The summed E-state index contributed by atoms with van der Waals surface area (Å²) in [5.74, 6) is 0.728. The summed E-state index contributed by atoms with van der Waals surface area (Å²) in [5.41, 5.74) is 1.66. The van der Waals surface area contributed by atoms with Gasteiger partial charge < -0.3 is 14.2 Å². The molecule has 0 saturated carbocycles. The van der Waals surface area contributed by atoms with Crippen molar-refractivity contribution in [3.05, 3.63) is 82.4 Å². The van der Waals surface area contributed by atoms with Gasteiger partial charge in [0.25, 0.3) is 5.91 Å². The van der Waals surface area contributed by atoms with E-state index in [1.807, 2.05) is 24.3 Å². The highest BCUT2D eigenvalue weighted by atomic mass is 32.1. The number of hydrogen-bond donors (Lipinski definition) is 1. The van der Waals surface area contributed by atoms with E-state index in [0.29, 0.717) is 34.4 Å². The van der Waals surface area contributed by atoms with Crippen LogP contribution in [0.25, 0.3) is 16.8 Å². The monoisotopic (exact) mass is 485 g/mol. The van der Waals surface area contributed by atoms with E-state index >= 15 is 0 Å². The van der Waals surface area contributed by atoms with Gasteiger partial charge in [-0.3, -0.25) is 10.1 Å². The average Bonchev–Trinajstić information content (AvgIpc) is 3.33. The Hall–Kier alpha value is -4.35. The van der Waals surface area contributed by atoms with Gasteiger partial charge in [-0.15, -0.1) is 11.3 Å². The van der Waals surface area contributed by atoms with Crippen LogP contribution in [0.15, 0.2) is 66.4 Å². The highest BCUT2D eigenvalue weighted by Crippen LogP contribution is 2.38. The molecule has 0 aliphatic heterocycles. The van der Waals surface area contributed by atoms with Crippen LogP contribution in [0.2, 0.25) is 0 Å². The standard InChI is InChI=1S/C27H23N3O4S/c1-32-23-12-17(13-24(33-2)25(23)34-3)11-20(15-28)26(31)30-27-29-16-21(35-27)14-19-9-6-8-18-7-4-5-10-22(18)19/h4-13,16H,14H2,1-3H3,(H,29,30,31)/b20-11+. The molecule has 176 valence electrons. The fourth-order valence-corrected chi connectivity index (χ4v) is 4.58. The smallest absolute Gasteiger partial charge is 0.268 e.